The molecule has 0 aliphatic heterocycles. The number of carbonyl (C=O) groups excluding carboxylic acids is 5. The summed E-state index contributed by atoms with van der Waals surface area (Å²) in [6, 6.07) is 25.1. The number of hydrogen-bond acceptors (Lipinski definition) is 34. The number of rotatable bonds is 27. The van der Waals surface area contributed by atoms with Gasteiger partial charge in [-0.15, -0.1) is 0 Å². The number of Topliss-reactive ketones (excluding diaryl/α,β-unsaturated/α-hetero) is 2. The molecule has 9 saturated carbocycles. The molecule has 9 fully saturated rings. The third-order valence-corrected chi connectivity index (χ3v) is 21.0. The van der Waals surface area contributed by atoms with Gasteiger partial charge in [0, 0.05) is 128 Å². The van der Waals surface area contributed by atoms with Crippen molar-refractivity contribution in [1.29, 1.82) is 0 Å². The van der Waals surface area contributed by atoms with Gasteiger partial charge in [0.05, 0.1) is 57.0 Å². The molecule has 0 unspecified atom stereocenters. The number of aromatic nitrogens is 15. The van der Waals surface area contributed by atoms with Crippen molar-refractivity contribution in [2.24, 2.45) is 11.8 Å². The summed E-state index contributed by atoms with van der Waals surface area (Å²) in [5, 5.41) is 54.3. The molecule has 0 saturated heterocycles. The number of ether oxygens (including phenoxy) is 7. The van der Waals surface area contributed by atoms with E-state index in [0.717, 1.165) is 139 Å². The van der Waals surface area contributed by atoms with Crippen LogP contribution in [0.15, 0.2) is 147 Å². The number of nitrogen functional groups attached to an aromatic ring is 2. The van der Waals surface area contributed by atoms with Gasteiger partial charge in [0.25, 0.3) is 17.7 Å². The van der Waals surface area contributed by atoms with Gasteiger partial charge in [-0.1, -0.05) is 11.6 Å². The Kier molecular flexibility index (Phi) is 34.9. The van der Waals surface area contributed by atoms with E-state index in [1.807, 2.05) is 31.3 Å². The van der Waals surface area contributed by atoms with Crippen LogP contribution in [0.5, 0.6) is 29.4 Å². The first-order valence-electron chi connectivity index (χ1n) is 45.2. The standard InChI is InChI=1S/C25H30N6O4.C20H22N6O2.C16H20ClN5O3.C8H8N2O3.2C8H10N2O.C5H3FN2O2.C3H6O.CH3.Pd/c1-25(2,3)35-24(33)30(4)21-13-20(28-18-6-5-11-26-23(18)34-16-9-10-16)29-22-17(14-27-31(21)22)19(32)12-15-7-8-15;1-21-18-10-17(24-15-3-2-8-22-20(15)28-13-6-7-13)25-19-14(11-23-26(18)19)16(27)9-12-4-5-12;1-16(2,3)25-15(24)21(4)12-7-11(17)20-13-10(8-18-22(12)13)14(23)19-9-5-6-9;11-10(12)7-2-1-5-9-8(7)13-6-3-4-6;2*9-7-2-1-5-10-8(7)11-6-3-4-6;6-5-4(8(9)10)2-1-3-7-5;4-3-1-2-3;;/h5-6,11,13-16H,7-10,12H2,1-4H3,(H,28,29);2-3,8,10-13,21H,4-7,9H2,1H3,(H,24,25);7-9H,5-6H2,1-4H3,(H,19,23);1-2,5-6H,3-4H2;2*1-2,5-6H,3-4,9H2;1-3H;3-4H,1-2H2;1H3;/q;;;;;;;;-1;. The van der Waals surface area contributed by atoms with Crippen LogP contribution >= 0.6 is 11.6 Å². The first-order valence-corrected chi connectivity index (χ1v) is 45.5. The fraction of sp³-hybridized carbons (Fsp3) is 0.426. The Morgan fingerprint density at radius 3 is 1.24 bits per heavy atom. The van der Waals surface area contributed by atoms with Crippen molar-refractivity contribution < 1.29 is 96.9 Å². The fourth-order valence-electron chi connectivity index (χ4n) is 12.3. The molecule has 12 aromatic rings. The summed E-state index contributed by atoms with van der Waals surface area (Å²) in [4.78, 5) is 122. The van der Waals surface area contributed by atoms with Crippen LogP contribution in [0.25, 0.3) is 16.9 Å². The molecule has 45 heteroatoms. The molecule has 0 aromatic carbocycles. The average Bonchev–Trinajstić information content (AvgIpc) is 1.60. The summed E-state index contributed by atoms with van der Waals surface area (Å²) >= 11 is 6.09. The normalized spacial score (nSPS) is 15.3. The predicted octanol–water partition coefficient (Wildman–Crippen LogP) is 16.5. The predicted molar refractivity (Wildman–Crippen MR) is 511 cm³/mol. The summed E-state index contributed by atoms with van der Waals surface area (Å²) in [5.41, 5.74) is 14.4. The number of nitro groups is 2. The van der Waals surface area contributed by atoms with E-state index in [2.05, 4.69) is 76.4 Å². The summed E-state index contributed by atoms with van der Waals surface area (Å²) in [6.45, 7) is 10.8. The van der Waals surface area contributed by atoms with Crippen LogP contribution in [-0.2, 0) is 29.9 Å². The number of nitrogens with one attached hydrogen (secondary N) is 4. The number of aliphatic hydroxyl groups excluding tert-OH is 1. The minimum atomic E-state index is -1.05. The van der Waals surface area contributed by atoms with Gasteiger partial charge in [-0.25, -0.2) is 54.4 Å². The second kappa shape index (κ2) is 46.7. The van der Waals surface area contributed by atoms with E-state index in [0.29, 0.717) is 129 Å². The average molecular weight is 2020 g/mol. The van der Waals surface area contributed by atoms with Crippen molar-refractivity contribution in [2.45, 2.75) is 224 Å². The zero-order valence-corrected chi connectivity index (χ0v) is 80.7. The number of carbonyl (C=O) groups is 5. The number of nitrogens with zero attached hydrogens (tertiary/aromatic N) is 19. The van der Waals surface area contributed by atoms with E-state index < -0.39 is 44.9 Å². The molecular formula is C94H112ClFN25O17Pd-. The molecule has 9 aliphatic rings. The number of ketones is 2. The van der Waals surface area contributed by atoms with Crippen LogP contribution in [0.3, 0.4) is 0 Å². The number of amides is 3. The van der Waals surface area contributed by atoms with Gasteiger partial charge in [-0.2, -0.15) is 33.2 Å². The number of halogens is 2. The van der Waals surface area contributed by atoms with Crippen LogP contribution in [0.4, 0.5) is 77.2 Å². The SMILES string of the molecule is CN(C(=O)OC(C)(C)C)c1cc(Cl)nc2c(C(=O)NC3CC3)cnn12.CN(C(=O)OC(C)(C)C)c1cc(Nc2cccnc2OC2CC2)nc2c(C(=O)CC3CC3)cnn12.CNc1cc(Nc2cccnc2OC2CC2)nc2c(C(=O)CC3CC3)cnn12.Nc1cccnc1OC1CC1.Nc1cccnc1OC1CC1.O=[N+]([O-])c1cccnc1F.O=[N+]([O-])c1cccnc1OC1CC1.OC1CC1.[CH3-].[Pd]. The third kappa shape index (κ3) is 31.4. The quantitative estimate of drug-likeness (QED) is 0.00478. The van der Waals surface area contributed by atoms with E-state index in [9.17, 15) is 48.6 Å². The zero-order valence-electron chi connectivity index (χ0n) is 78.4. The number of anilines is 9. The smallest absolute Gasteiger partial charge is 0.415 e. The summed E-state index contributed by atoms with van der Waals surface area (Å²) < 4.78 is 55.7. The zero-order chi connectivity index (χ0) is 97.4. The molecule has 12 aromatic heterocycles. The van der Waals surface area contributed by atoms with E-state index in [-0.39, 0.29) is 98.1 Å². The summed E-state index contributed by atoms with van der Waals surface area (Å²) in [6.07, 6.45) is 34.3. The minimum absolute atomic E-state index is 0. The molecule has 3 amide bonds. The molecule has 42 nitrogen and oxygen atoms in total. The van der Waals surface area contributed by atoms with Crippen molar-refractivity contribution in [3.05, 3.63) is 202 Å². The van der Waals surface area contributed by atoms with Gasteiger partial charge in [0.15, 0.2) is 28.5 Å². The van der Waals surface area contributed by atoms with Crippen molar-refractivity contribution in [3.8, 4) is 29.4 Å². The Morgan fingerprint density at radius 1 is 0.496 bits per heavy atom. The summed E-state index contributed by atoms with van der Waals surface area (Å²) in [5.74, 6) is 4.63. The van der Waals surface area contributed by atoms with E-state index >= 15 is 0 Å². The Hall–Kier alpha value is -14.2. The molecule has 0 radical (unpaired) electrons. The summed E-state index contributed by atoms with van der Waals surface area (Å²) in [7, 11) is 4.97. The molecule has 21 rings (SSSR count). The number of nitrogens with two attached hydrogens (primary N) is 2. The second-order valence-corrected chi connectivity index (χ2v) is 36.2. The van der Waals surface area contributed by atoms with Gasteiger partial charge in [0.2, 0.25) is 23.5 Å². The van der Waals surface area contributed by atoms with E-state index in [4.69, 9.17) is 66.3 Å². The van der Waals surface area contributed by atoms with E-state index in [1.165, 1.54) is 61.7 Å². The monoisotopic (exact) mass is 2020 g/mol. The first kappa shape index (κ1) is 104. The van der Waals surface area contributed by atoms with Crippen LogP contribution < -0.4 is 66.2 Å². The Morgan fingerprint density at radius 2 is 0.856 bits per heavy atom. The topological polar surface area (TPSA) is 531 Å². The van der Waals surface area contributed by atoms with Crippen molar-refractivity contribution >= 4 is 121 Å². The Bertz CT molecular complexity index is 6250. The van der Waals surface area contributed by atoms with Gasteiger partial charge >= 0.3 is 23.6 Å². The third-order valence-electron chi connectivity index (χ3n) is 20.8. The van der Waals surface area contributed by atoms with Crippen molar-refractivity contribution in [2.75, 3.05) is 58.4 Å². The maximum absolute atomic E-state index is 13.0. The largest absolute Gasteiger partial charge is 0.473 e. The Balaban J connectivity index is 0.000000151. The molecular weight excluding hydrogens is 1910 g/mol. The van der Waals surface area contributed by atoms with Crippen LogP contribution in [0, 0.1) is 45.4 Å². The van der Waals surface area contributed by atoms with Gasteiger partial charge in [0.1, 0.15) is 92.9 Å². The molecule has 139 heavy (non-hydrogen) atoms. The fourth-order valence-corrected chi connectivity index (χ4v) is 12.4. The van der Waals surface area contributed by atoms with Crippen molar-refractivity contribution in [3.63, 3.8) is 0 Å². The van der Waals surface area contributed by atoms with Crippen molar-refractivity contribution in [1.82, 2.24) is 79.0 Å². The molecule has 9 N–H and O–H groups in total. The number of aliphatic hydroxyl groups is 1. The molecule has 0 bridgehead atoms. The Labute approximate surface area is 818 Å². The maximum Gasteiger partial charge on any atom is 0.415 e. The van der Waals surface area contributed by atoms with Gasteiger partial charge < -0.3 is 78.4 Å². The van der Waals surface area contributed by atoms with Gasteiger partial charge in [-0.05, 0) is 230 Å². The maximum atomic E-state index is 13.0. The number of fused-ring (bicyclic) bond motifs is 3. The molecule has 12 heterocycles. The molecule has 9 aliphatic carbocycles. The number of hydrogen-bond donors (Lipinski definition) is 7. The minimum Gasteiger partial charge on any atom is -0.473 e. The number of pyridine rings is 6. The van der Waals surface area contributed by atoms with Gasteiger partial charge in [-0.3, -0.25) is 44.4 Å². The first-order chi connectivity index (χ1) is 65.6. The molecule has 0 atom stereocenters. The second-order valence-electron chi connectivity index (χ2n) is 35.8. The van der Waals surface area contributed by atoms with E-state index in [1.54, 1.807) is 128 Å². The molecule has 740 valence electrons. The van der Waals surface area contributed by atoms with Crippen LogP contribution in [0.1, 0.15) is 201 Å². The van der Waals surface area contributed by atoms with Crippen LogP contribution in [-0.4, -0.2) is 193 Å². The molecule has 0 spiro atoms. The van der Waals surface area contributed by atoms with Crippen LogP contribution in [0.2, 0.25) is 5.15 Å².